The van der Waals surface area contributed by atoms with E-state index in [4.69, 9.17) is 85.0 Å². The Hall–Kier alpha value is -8.64. The summed E-state index contributed by atoms with van der Waals surface area (Å²) in [6, 6.07) is 42.3. The fourth-order valence-electron chi connectivity index (χ4n) is 14.7. The number of ether oxygens (including phenoxy) is 17. The van der Waals surface area contributed by atoms with Crippen molar-refractivity contribution in [2.45, 2.75) is 250 Å². The van der Waals surface area contributed by atoms with Gasteiger partial charge in [-0.05, 0) is 68.1 Å². The van der Waals surface area contributed by atoms with Gasteiger partial charge in [0.05, 0.1) is 46.2 Å². The fraction of sp³-hybridized carbons (Fsp3) is 0.506. The zero-order valence-electron chi connectivity index (χ0n) is 66.7. The predicted octanol–water partition coefficient (Wildman–Crippen LogP) is 8.65. The van der Waals surface area contributed by atoms with Crippen LogP contribution in [0.25, 0.3) is 0 Å². The minimum atomic E-state index is -2.98. The van der Waals surface area contributed by atoms with Crippen molar-refractivity contribution in [2.75, 3.05) is 26.4 Å². The van der Waals surface area contributed by atoms with Crippen LogP contribution in [0.4, 0.5) is 0 Å². The quantitative estimate of drug-likeness (QED) is 0.0194. The minimum absolute atomic E-state index is 0.0313. The normalized spacial score (nSPS) is 30.6. The molecule has 5 aromatic carbocycles. The standard InChI is InChI=1S/C85H102N2O27Si/c1-47-48(2)77(94)86(76(47)93)64-71(100-41-57-33-23-16-24-34-57)68(112-84-75(105-54(8)91)74(104-53(7)90)70(103-52(6)89)62(109-84)45-99-51(5)88)60(43-97-39-55-29-19-14-20-30-55)106-81(64)113-73-66(92)83(108-63-46-102-80(110-69(63)73)59-37-27-18-28-38-59)111-67-61(44-98-40-56-31-21-15-22-32-56)107-82(114-115(12,13)85(9,10)11)65(87-78(95)49(3)50(4)79(87)96)72(67)101-42-58-35-25-17-26-36-58/h14-38,60-75,80-84,92H,39-46H2,1-13H3/t60-,61-,62-,63-,64-,65-,66-,67-,68-,69+,70+,71-,72-,73-,74+,75-,80+,81+,82+,83+,84+/m1/s1. The summed E-state index contributed by atoms with van der Waals surface area (Å²) in [7, 11) is -2.98. The maximum absolute atomic E-state index is 15.5. The Balaban J connectivity index is 1.01. The molecule has 0 radical (unpaired) electrons. The number of benzene rings is 5. The van der Waals surface area contributed by atoms with Gasteiger partial charge in [0.15, 0.2) is 58.1 Å². The Morgan fingerprint density at radius 3 is 1.26 bits per heavy atom. The molecule has 12 rings (SSSR count). The van der Waals surface area contributed by atoms with Gasteiger partial charge in [-0.15, -0.1) is 0 Å². The maximum Gasteiger partial charge on any atom is 0.303 e. The Bertz CT molecular complexity index is 4240. The smallest absolute Gasteiger partial charge is 0.303 e. The topological polar surface area (TPSA) is 329 Å². The van der Waals surface area contributed by atoms with Crippen LogP contribution in [-0.2, 0) is 150 Å². The first-order chi connectivity index (χ1) is 55.0. The SMILES string of the molecule is CC(=O)OC[C@H]1O[C@@H](O[C@H]2[C@H](OCc3ccccc3)[C@@H](N3C(=O)C(C)=C(C)C3=O)[C@H](O[C@@H]3[C@@H](O)[C@H](O[C@H]4[C@H](OCc5ccccc5)[C@@H](N5C(=O)C(C)=C(C)C5=O)[C@H](O[Si](C)(C)C(C)(C)C)O[C@@H]4COCc4ccccc4)O[C@@H]4CO[C@H](c5ccccc5)O[C@H]34)O[C@@H]2COCc2ccccc2)[C@H](OC(C)=O)[C@@H](OC(C)=O)[C@H]1OC(C)=O. The molecule has 5 aromatic rings. The second-order valence-electron chi connectivity index (χ2n) is 31.0. The molecule has 21 atom stereocenters. The van der Waals surface area contributed by atoms with Gasteiger partial charge in [-0.2, -0.15) is 0 Å². The number of esters is 4. The number of amides is 4. The van der Waals surface area contributed by atoms with E-state index in [0.717, 1.165) is 43.1 Å². The largest absolute Gasteiger partial charge is 0.463 e. The number of fused-ring (bicyclic) bond motifs is 1. The molecule has 4 amide bonds. The Morgan fingerprint density at radius 1 is 0.435 bits per heavy atom. The van der Waals surface area contributed by atoms with Crippen molar-refractivity contribution in [3.63, 3.8) is 0 Å². The summed E-state index contributed by atoms with van der Waals surface area (Å²) in [4.78, 5) is 115. The molecule has 0 bridgehead atoms. The molecule has 7 aliphatic heterocycles. The third kappa shape index (κ3) is 20.0. The number of hydrogen-bond donors (Lipinski definition) is 1. The summed E-state index contributed by atoms with van der Waals surface area (Å²) in [5.74, 6) is -6.45. The van der Waals surface area contributed by atoms with Crippen molar-refractivity contribution in [3.05, 3.63) is 202 Å². The van der Waals surface area contributed by atoms with Crippen LogP contribution in [0.2, 0.25) is 18.1 Å². The van der Waals surface area contributed by atoms with Crippen LogP contribution in [0.5, 0.6) is 0 Å². The van der Waals surface area contributed by atoms with Crippen molar-refractivity contribution < 1.29 is 128 Å². The highest BCUT2D eigenvalue weighted by molar-refractivity contribution is 6.74. The maximum atomic E-state index is 15.5. The van der Waals surface area contributed by atoms with Gasteiger partial charge in [0.2, 0.25) is 0 Å². The number of imide groups is 2. The van der Waals surface area contributed by atoms with Gasteiger partial charge in [0, 0.05) is 55.6 Å². The van der Waals surface area contributed by atoms with Crippen molar-refractivity contribution >= 4 is 55.8 Å². The summed E-state index contributed by atoms with van der Waals surface area (Å²) in [5, 5.41) is 13.5. The molecular formula is C85H102N2O27Si. The second kappa shape index (κ2) is 37.7. The van der Waals surface area contributed by atoms with Gasteiger partial charge in [-0.1, -0.05) is 172 Å². The van der Waals surface area contributed by atoms with Gasteiger partial charge >= 0.3 is 23.9 Å². The van der Waals surface area contributed by atoms with E-state index in [1.165, 1.54) is 13.8 Å². The van der Waals surface area contributed by atoms with Crippen molar-refractivity contribution in [1.29, 1.82) is 0 Å². The van der Waals surface area contributed by atoms with E-state index in [2.05, 4.69) is 0 Å². The van der Waals surface area contributed by atoms with E-state index in [9.17, 15) is 33.9 Å². The molecule has 0 aromatic heterocycles. The lowest BCUT2D eigenvalue weighted by atomic mass is 9.92. The molecule has 0 unspecified atom stereocenters. The highest BCUT2D eigenvalue weighted by atomic mass is 28.4. The number of hydrogen-bond acceptors (Lipinski definition) is 27. The molecule has 30 heteroatoms. The van der Waals surface area contributed by atoms with E-state index in [0.29, 0.717) is 22.3 Å². The fourth-order valence-corrected chi connectivity index (χ4v) is 15.8. The molecule has 115 heavy (non-hydrogen) atoms. The Morgan fingerprint density at radius 2 is 0.817 bits per heavy atom. The van der Waals surface area contributed by atoms with Crippen LogP contribution < -0.4 is 0 Å². The lowest BCUT2D eigenvalue weighted by Crippen LogP contribution is -2.72. The lowest BCUT2D eigenvalue weighted by molar-refractivity contribution is -0.406. The predicted molar refractivity (Wildman–Crippen MR) is 407 cm³/mol. The monoisotopic (exact) mass is 1610 g/mol. The first kappa shape index (κ1) is 85.7. The average Bonchev–Trinajstić information content (AvgIpc) is 1.72. The van der Waals surface area contributed by atoms with E-state index in [1.807, 2.05) is 131 Å². The zero-order valence-corrected chi connectivity index (χ0v) is 67.7. The highest BCUT2D eigenvalue weighted by Crippen LogP contribution is 2.46. The number of nitrogens with zero attached hydrogens (tertiary/aromatic N) is 2. The molecule has 0 aliphatic carbocycles. The number of aliphatic hydroxyl groups is 1. The number of rotatable bonds is 30. The third-order valence-corrected chi connectivity index (χ3v) is 26.3. The molecule has 5 fully saturated rings. The Labute approximate surface area is 668 Å². The second-order valence-corrected chi connectivity index (χ2v) is 35.8. The van der Waals surface area contributed by atoms with Gasteiger partial charge < -0.3 is 90.1 Å². The zero-order chi connectivity index (χ0) is 82.2. The van der Waals surface area contributed by atoms with Gasteiger partial charge in [0.25, 0.3) is 23.6 Å². The molecule has 1 N–H and O–H groups in total. The summed E-state index contributed by atoms with van der Waals surface area (Å²) >= 11 is 0. The Kier molecular flexibility index (Phi) is 28.1. The molecule has 29 nitrogen and oxygen atoms in total. The first-order valence-electron chi connectivity index (χ1n) is 38.5. The minimum Gasteiger partial charge on any atom is -0.463 e. The molecular weight excluding hydrogens is 1510 g/mol. The third-order valence-electron chi connectivity index (χ3n) is 21.9. The van der Waals surface area contributed by atoms with E-state index < -0.39 is 203 Å². The van der Waals surface area contributed by atoms with Crippen LogP contribution in [0.15, 0.2) is 174 Å². The summed E-state index contributed by atoms with van der Waals surface area (Å²) in [5.41, 5.74) is 3.78. The van der Waals surface area contributed by atoms with Gasteiger partial charge in [-0.25, -0.2) is 0 Å². The van der Waals surface area contributed by atoms with E-state index in [1.54, 1.807) is 68.4 Å². The van der Waals surface area contributed by atoms with Crippen LogP contribution in [0.3, 0.4) is 0 Å². The number of carbonyl (C=O) groups excluding carboxylic acids is 8. The summed E-state index contributed by atoms with van der Waals surface area (Å²) in [6.07, 6.45) is -30.4. The molecule has 5 saturated heterocycles. The average molecular weight is 1610 g/mol. The van der Waals surface area contributed by atoms with Gasteiger partial charge in [0.1, 0.15) is 85.8 Å². The molecule has 618 valence electrons. The summed E-state index contributed by atoms with van der Waals surface area (Å²) in [6.45, 7) is 18.6. The van der Waals surface area contributed by atoms with Crippen molar-refractivity contribution in [3.8, 4) is 0 Å². The first-order valence-corrected chi connectivity index (χ1v) is 41.4. The van der Waals surface area contributed by atoms with Crippen LogP contribution >= 0.6 is 0 Å². The number of aliphatic hydroxyl groups excluding tert-OH is 1. The van der Waals surface area contributed by atoms with Crippen LogP contribution in [0, 0.1) is 0 Å². The number of carbonyl (C=O) groups is 8. The lowest BCUT2D eigenvalue weighted by Gasteiger charge is -2.54. The summed E-state index contributed by atoms with van der Waals surface area (Å²) < 4.78 is 122. The van der Waals surface area contributed by atoms with Crippen molar-refractivity contribution in [2.24, 2.45) is 0 Å². The highest BCUT2D eigenvalue weighted by Gasteiger charge is 2.64. The van der Waals surface area contributed by atoms with Crippen LogP contribution in [-0.4, -0.2) is 220 Å². The molecule has 7 heterocycles. The van der Waals surface area contributed by atoms with Crippen LogP contribution in [0.1, 0.15) is 110 Å². The van der Waals surface area contributed by atoms with Crippen molar-refractivity contribution in [1.82, 2.24) is 9.80 Å². The molecule has 0 spiro atoms. The van der Waals surface area contributed by atoms with E-state index in [-0.39, 0.29) is 61.9 Å². The molecule has 7 aliphatic rings. The van der Waals surface area contributed by atoms with Gasteiger partial charge in [-0.3, -0.25) is 48.2 Å². The van der Waals surface area contributed by atoms with E-state index >= 15 is 9.59 Å². The molecule has 0 saturated carbocycles.